The van der Waals surface area contributed by atoms with Crippen molar-refractivity contribution < 1.29 is 9.21 Å². The number of likely N-dealkylation sites (tertiary alicyclic amines) is 1. The van der Waals surface area contributed by atoms with Crippen molar-refractivity contribution in [2.45, 2.75) is 18.8 Å². The van der Waals surface area contributed by atoms with Gasteiger partial charge in [-0.25, -0.2) is 9.89 Å². The highest BCUT2D eigenvalue weighted by atomic mass is 16.4. The van der Waals surface area contributed by atoms with Crippen molar-refractivity contribution in [3.8, 4) is 0 Å². The Kier molecular flexibility index (Phi) is 4.18. The predicted octanol–water partition coefficient (Wildman–Crippen LogP) is 1.45. The van der Waals surface area contributed by atoms with Gasteiger partial charge in [0.25, 0.3) is 5.91 Å². The Morgan fingerprint density at radius 2 is 2.09 bits per heavy atom. The molecule has 2 aromatic rings. The minimum absolute atomic E-state index is 0.00195. The molecule has 3 rings (SSSR count). The number of aromatic amines is 1. The number of benzene rings is 1. The molecule has 7 heteroatoms. The zero-order valence-electron chi connectivity index (χ0n) is 13.3. The molecule has 0 saturated carbocycles. The smallest absolute Gasteiger partial charge is 0.392 e. The van der Waals surface area contributed by atoms with Crippen LogP contribution in [0.25, 0.3) is 0 Å². The summed E-state index contributed by atoms with van der Waals surface area (Å²) in [5, 5.41) is 6.17. The van der Waals surface area contributed by atoms with E-state index < -0.39 is 5.76 Å². The van der Waals surface area contributed by atoms with Crippen molar-refractivity contribution in [1.29, 1.82) is 0 Å². The van der Waals surface area contributed by atoms with Crippen molar-refractivity contribution in [2.75, 3.05) is 32.1 Å². The molecular formula is C16H20N4O3. The largest absolute Gasteiger partial charge is 0.434 e. The van der Waals surface area contributed by atoms with Crippen molar-refractivity contribution in [2.24, 2.45) is 0 Å². The lowest BCUT2D eigenvalue weighted by Crippen LogP contribution is -2.39. The molecule has 1 aliphatic rings. The molecular weight excluding hydrogens is 296 g/mol. The number of piperidine rings is 1. The van der Waals surface area contributed by atoms with E-state index in [-0.39, 0.29) is 11.8 Å². The van der Waals surface area contributed by atoms with E-state index in [1.165, 1.54) is 0 Å². The predicted molar refractivity (Wildman–Crippen MR) is 85.8 cm³/mol. The van der Waals surface area contributed by atoms with Crippen LogP contribution in [0.3, 0.4) is 0 Å². The van der Waals surface area contributed by atoms with Gasteiger partial charge >= 0.3 is 5.76 Å². The molecule has 0 radical (unpaired) electrons. The van der Waals surface area contributed by atoms with Crippen LogP contribution in [0.4, 0.5) is 5.69 Å². The number of hydrogen-bond donors (Lipinski definition) is 1. The third-order valence-electron chi connectivity index (χ3n) is 4.14. The maximum absolute atomic E-state index is 12.7. The van der Waals surface area contributed by atoms with Gasteiger partial charge in [0.2, 0.25) is 5.89 Å². The van der Waals surface area contributed by atoms with Gasteiger partial charge in [0, 0.05) is 38.4 Å². The topological polar surface area (TPSA) is 82.4 Å². The van der Waals surface area contributed by atoms with Gasteiger partial charge in [-0.15, -0.1) is 5.10 Å². The molecule has 1 aliphatic heterocycles. The van der Waals surface area contributed by atoms with E-state index in [0.29, 0.717) is 24.5 Å². The number of nitrogens with one attached hydrogen (secondary N) is 1. The van der Waals surface area contributed by atoms with Crippen LogP contribution in [0, 0.1) is 0 Å². The van der Waals surface area contributed by atoms with Crippen molar-refractivity contribution in [3.63, 3.8) is 0 Å². The molecule has 1 fully saturated rings. The van der Waals surface area contributed by atoms with Gasteiger partial charge in [0.05, 0.1) is 5.92 Å². The lowest BCUT2D eigenvalue weighted by molar-refractivity contribution is 0.0698. The summed E-state index contributed by atoms with van der Waals surface area (Å²) in [6.45, 7) is 1.22. The van der Waals surface area contributed by atoms with Crippen LogP contribution in [0.5, 0.6) is 0 Å². The Hall–Kier alpha value is -2.57. The maximum atomic E-state index is 12.7. The van der Waals surface area contributed by atoms with Crippen LogP contribution in [0.15, 0.2) is 33.5 Å². The number of carbonyl (C=O) groups excluding carboxylic acids is 1. The lowest BCUT2D eigenvalue weighted by atomic mass is 9.97. The molecule has 7 nitrogen and oxygen atoms in total. The van der Waals surface area contributed by atoms with Crippen LogP contribution in [-0.2, 0) is 0 Å². The van der Waals surface area contributed by atoms with Crippen LogP contribution in [0.2, 0.25) is 0 Å². The number of aromatic nitrogens is 2. The summed E-state index contributed by atoms with van der Waals surface area (Å²) in [6.07, 6.45) is 1.72. The summed E-state index contributed by atoms with van der Waals surface area (Å²) in [7, 11) is 3.92. The van der Waals surface area contributed by atoms with Gasteiger partial charge < -0.3 is 14.2 Å². The van der Waals surface area contributed by atoms with E-state index in [1.807, 2.05) is 43.3 Å². The minimum atomic E-state index is -0.553. The first kappa shape index (κ1) is 15.3. The van der Waals surface area contributed by atoms with E-state index in [4.69, 9.17) is 4.42 Å². The normalized spacial score (nSPS) is 18.0. The highest BCUT2D eigenvalue weighted by Gasteiger charge is 2.28. The Labute approximate surface area is 133 Å². The van der Waals surface area contributed by atoms with Crippen molar-refractivity contribution >= 4 is 11.6 Å². The standard InChI is InChI=1S/C16H20N4O3/c1-19(2)13-7-5-11(6-8-13)15(21)20-9-3-4-12(10-20)14-17-18-16(22)23-14/h5-8,12H,3-4,9-10H2,1-2H3,(H,18,22). The molecule has 1 amide bonds. The molecule has 0 aliphatic carbocycles. The second-order valence-electron chi connectivity index (χ2n) is 5.98. The summed E-state index contributed by atoms with van der Waals surface area (Å²) in [6, 6.07) is 7.55. The van der Waals surface area contributed by atoms with E-state index in [0.717, 1.165) is 18.5 Å². The number of anilines is 1. The van der Waals surface area contributed by atoms with Gasteiger partial charge in [0.1, 0.15) is 0 Å². The van der Waals surface area contributed by atoms with Gasteiger partial charge in [-0.3, -0.25) is 4.79 Å². The molecule has 1 aromatic heterocycles. The highest BCUT2D eigenvalue weighted by molar-refractivity contribution is 5.94. The quantitative estimate of drug-likeness (QED) is 0.926. The number of H-pyrrole nitrogens is 1. The van der Waals surface area contributed by atoms with E-state index in [9.17, 15) is 9.59 Å². The molecule has 1 N–H and O–H groups in total. The maximum Gasteiger partial charge on any atom is 0.434 e. The van der Waals surface area contributed by atoms with Gasteiger partial charge in [-0.2, -0.15) is 0 Å². The van der Waals surface area contributed by atoms with Crippen molar-refractivity contribution in [3.05, 3.63) is 46.3 Å². The Balaban J connectivity index is 1.72. The van der Waals surface area contributed by atoms with Crippen molar-refractivity contribution in [1.82, 2.24) is 15.1 Å². The molecule has 1 aromatic carbocycles. The number of amides is 1. The third kappa shape index (κ3) is 3.28. The minimum Gasteiger partial charge on any atom is -0.392 e. The Morgan fingerprint density at radius 3 is 2.70 bits per heavy atom. The third-order valence-corrected chi connectivity index (χ3v) is 4.14. The van der Waals surface area contributed by atoms with Gasteiger partial charge in [0.15, 0.2) is 0 Å². The molecule has 23 heavy (non-hydrogen) atoms. The summed E-state index contributed by atoms with van der Waals surface area (Å²) in [4.78, 5) is 27.5. The van der Waals surface area contributed by atoms with E-state index in [2.05, 4.69) is 10.2 Å². The SMILES string of the molecule is CN(C)c1ccc(C(=O)N2CCCC(c3n[nH]c(=O)o3)C2)cc1. The second kappa shape index (κ2) is 6.28. The Morgan fingerprint density at radius 1 is 1.35 bits per heavy atom. The fourth-order valence-corrected chi connectivity index (χ4v) is 2.86. The molecule has 2 heterocycles. The number of rotatable bonds is 3. The fourth-order valence-electron chi connectivity index (χ4n) is 2.86. The summed E-state index contributed by atoms with van der Waals surface area (Å²) >= 11 is 0. The number of nitrogens with zero attached hydrogens (tertiary/aromatic N) is 3. The summed E-state index contributed by atoms with van der Waals surface area (Å²) < 4.78 is 5.03. The highest BCUT2D eigenvalue weighted by Crippen LogP contribution is 2.26. The fraction of sp³-hybridized carbons (Fsp3) is 0.438. The molecule has 0 bridgehead atoms. The van der Waals surface area contributed by atoms with Crippen LogP contribution >= 0.6 is 0 Å². The van der Waals surface area contributed by atoms with Gasteiger partial charge in [-0.05, 0) is 37.1 Å². The molecule has 0 spiro atoms. The van der Waals surface area contributed by atoms with Crippen LogP contribution in [-0.4, -0.2) is 48.2 Å². The number of hydrogen-bond acceptors (Lipinski definition) is 5. The van der Waals surface area contributed by atoms with Gasteiger partial charge in [-0.1, -0.05) is 0 Å². The summed E-state index contributed by atoms with van der Waals surface area (Å²) in [5.41, 5.74) is 1.72. The first-order chi connectivity index (χ1) is 11.0. The molecule has 1 unspecified atom stereocenters. The molecule has 1 saturated heterocycles. The second-order valence-corrected chi connectivity index (χ2v) is 5.98. The molecule has 122 valence electrons. The zero-order valence-corrected chi connectivity index (χ0v) is 13.3. The number of carbonyl (C=O) groups is 1. The monoisotopic (exact) mass is 316 g/mol. The lowest BCUT2D eigenvalue weighted by Gasteiger charge is -2.31. The van der Waals surface area contributed by atoms with E-state index >= 15 is 0 Å². The first-order valence-corrected chi connectivity index (χ1v) is 7.66. The first-order valence-electron chi connectivity index (χ1n) is 7.66. The van der Waals surface area contributed by atoms with E-state index in [1.54, 1.807) is 4.90 Å². The average molecular weight is 316 g/mol. The van der Waals surface area contributed by atoms with Crippen LogP contribution in [0.1, 0.15) is 35.0 Å². The Bertz CT molecular complexity index is 732. The van der Waals surface area contributed by atoms with Crippen LogP contribution < -0.4 is 10.7 Å². The summed E-state index contributed by atoms with van der Waals surface area (Å²) in [5.74, 6) is -0.205. The zero-order chi connectivity index (χ0) is 16.4. The average Bonchev–Trinajstić information content (AvgIpc) is 3.01. The molecule has 1 atom stereocenters.